The van der Waals surface area contributed by atoms with Gasteiger partial charge in [-0.2, -0.15) is 0 Å². The molecule has 1 atom stereocenters. The van der Waals surface area contributed by atoms with E-state index >= 15 is 0 Å². The van der Waals surface area contributed by atoms with E-state index in [1.165, 1.54) is 0 Å². The number of ether oxygens (including phenoxy) is 1. The number of methoxy groups -OCH3 is 1. The molecular formula is C20H23N3O5S. The van der Waals surface area contributed by atoms with Crippen molar-refractivity contribution >= 4 is 27.5 Å². The van der Waals surface area contributed by atoms with Gasteiger partial charge in [-0.15, -0.1) is 0 Å². The van der Waals surface area contributed by atoms with Gasteiger partial charge in [0.1, 0.15) is 5.75 Å². The summed E-state index contributed by atoms with van der Waals surface area (Å²) in [5, 5.41) is 8.12. The second-order valence-corrected chi connectivity index (χ2v) is 9.04. The molecular weight excluding hydrogens is 394 g/mol. The van der Waals surface area contributed by atoms with Crippen LogP contribution < -0.4 is 20.7 Å². The Bertz CT molecular complexity index is 972. The minimum Gasteiger partial charge on any atom is -0.497 e. The predicted octanol–water partition coefficient (Wildman–Crippen LogP) is 1.93. The van der Waals surface area contributed by atoms with Crippen LogP contribution in [0.25, 0.3) is 0 Å². The van der Waals surface area contributed by atoms with Crippen molar-refractivity contribution in [2.45, 2.75) is 19.0 Å². The van der Waals surface area contributed by atoms with Gasteiger partial charge in [-0.1, -0.05) is 12.1 Å². The van der Waals surface area contributed by atoms with Crippen molar-refractivity contribution in [1.29, 1.82) is 0 Å². The van der Waals surface area contributed by atoms with Crippen molar-refractivity contribution in [3.63, 3.8) is 0 Å². The summed E-state index contributed by atoms with van der Waals surface area (Å²) in [5.74, 6) is 0.584. The molecule has 9 heteroatoms. The van der Waals surface area contributed by atoms with Crippen LogP contribution in [0, 0.1) is 0 Å². The van der Waals surface area contributed by atoms with Crippen molar-refractivity contribution in [3.8, 4) is 5.75 Å². The highest BCUT2D eigenvalue weighted by Crippen LogP contribution is 2.14. The van der Waals surface area contributed by atoms with Gasteiger partial charge >= 0.3 is 6.03 Å². The van der Waals surface area contributed by atoms with Crippen LogP contribution in [-0.2, 0) is 16.4 Å². The highest BCUT2D eigenvalue weighted by molar-refractivity contribution is 7.91. The third kappa shape index (κ3) is 5.95. The molecule has 1 aliphatic heterocycles. The largest absolute Gasteiger partial charge is 0.497 e. The second kappa shape index (κ2) is 8.95. The van der Waals surface area contributed by atoms with Crippen molar-refractivity contribution in [3.05, 3.63) is 59.7 Å². The van der Waals surface area contributed by atoms with Crippen LogP contribution in [0.15, 0.2) is 48.5 Å². The van der Waals surface area contributed by atoms with Gasteiger partial charge in [-0.05, 0) is 48.4 Å². The molecule has 0 unspecified atom stereocenters. The van der Waals surface area contributed by atoms with Crippen molar-refractivity contribution in [2.24, 2.45) is 0 Å². The monoisotopic (exact) mass is 417 g/mol. The Labute approximate surface area is 169 Å². The summed E-state index contributed by atoms with van der Waals surface area (Å²) < 4.78 is 28.0. The molecule has 0 spiro atoms. The molecule has 0 aromatic heterocycles. The Hall–Kier alpha value is -3.07. The molecule has 1 heterocycles. The van der Waals surface area contributed by atoms with Gasteiger partial charge in [0.05, 0.1) is 18.6 Å². The SMILES string of the molecule is COc1ccc(CNC(=O)c2ccc(NC(=O)N[C@@H]3CCS(=O)(=O)C3)cc2)cc1. The summed E-state index contributed by atoms with van der Waals surface area (Å²) >= 11 is 0. The van der Waals surface area contributed by atoms with E-state index in [2.05, 4.69) is 16.0 Å². The van der Waals surface area contributed by atoms with E-state index in [0.717, 1.165) is 11.3 Å². The fourth-order valence-electron chi connectivity index (χ4n) is 2.99. The van der Waals surface area contributed by atoms with Crippen LogP contribution in [0.3, 0.4) is 0 Å². The average molecular weight is 417 g/mol. The molecule has 0 saturated carbocycles. The lowest BCUT2D eigenvalue weighted by atomic mass is 10.1. The van der Waals surface area contributed by atoms with Gasteiger partial charge in [-0.3, -0.25) is 4.79 Å². The molecule has 3 amide bonds. The smallest absolute Gasteiger partial charge is 0.319 e. The van der Waals surface area contributed by atoms with E-state index in [1.54, 1.807) is 31.4 Å². The van der Waals surface area contributed by atoms with Gasteiger partial charge in [0.15, 0.2) is 9.84 Å². The Morgan fingerprint density at radius 1 is 1.07 bits per heavy atom. The average Bonchev–Trinajstić information content (AvgIpc) is 3.05. The minimum atomic E-state index is -3.05. The Morgan fingerprint density at radius 2 is 1.76 bits per heavy atom. The van der Waals surface area contributed by atoms with E-state index in [1.807, 2.05) is 24.3 Å². The molecule has 2 aromatic rings. The van der Waals surface area contributed by atoms with Crippen LogP contribution in [0.4, 0.5) is 10.5 Å². The highest BCUT2D eigenvalue weighted by atomic mass is 32.2. The summed E-state index contributed by atoms with van der Waals surface area (Å²) in [6, 6.07) is 13.0. The molecule has 1 fully saturated rings. The van der Waals surface area contributed by atoms with Crippen LogP contribution >= 0.6 is 0 Å². The maximum absolute atomic E-state index is 12.3. The van der Waals surface area contributed by atoms with Gasteiger partial charge in [0.25, 0.3) is 5.91 Å². The first-order chi connectivity index (χ1) is 13.8. The molecule has 0 bridgehead atoms. The molecule has 0 radical (unpaired) electrons. The van der Waals surface area contributed by atoms with Gasteiger partial charge in [0.2, 0.25) is 0 Å². The maximum Gasteiger partial charge on any atom is 0.319 e. The first kappa shape index (κ1) is 20.7. The number of sulfone groups is 1. The summed E-state index contributed by atoms with van der Waals surface area (Å²) in [4.78, 5) is 24.3. The maximum atomic E-state index is 12.3. The molecule has 0 aliphatic carbocycles. The second-order valence-electron chi connectivity index (χ2n) is 6.81. The summed E-state index contributed by atoms with van der Waals surface area (Å²) in [6.45, 7) is 0.384. The zero-order valence-electron chi connectivity index (χ0n) is 16.0. The zero-order chi connectivity index (χ0) is 20.9. The number of carbonyl (C=O) groups is 2. The van der Waals surface area contributed by atoms with Crippen molar-refractivity contribution < 1.29 is 22.7 Å². The van der Waals surface area contributed by atoms with Crippen LogP contribution in [0.5, 0.6) is 5.75 Å². The third-order valence-corrected chi connectivity index (χ3v) is 6.35. The fourth-order valence-corrected chi connectivity index (χ4v) is 4.67. The first-order valence-corrected chi connectivity index (χ1v) is 11.0. The number of anilines is 1. The van der Waals surface area contributed by atoms with Crippen LogP contribution in [0.2, 0.25) is 0 Å². The molecule has 3 rings (SSSR count). The van der Waals surface area contributed by atoms with E-state index in [0.29, 0.717) is 24.2 Å². The molecule has 29 heavy (non-hydrogen) atoms. The van der Waals surface area contributed by atoms with Gasteiger partial charge in [0, 0.05) is 23.8 Å². The molecule has 154 valence electrons. The van der Waals surface area contributed by atoms with E-state index < -0.39 is 15.9 Å². The summed E-state index contributed by atoms with van der Waals surface area (Å²) in [7, 11) is -1.46. The van der Waals surface area contributed by atoms with Crippen LogP contribution in [-0.4, -0.2) is 45.0 Å². The number of hydrogen-bond acceptors (Lipinski definition) is 5. The molecule has 1 saturated heterocycles. The number of benzene rings is 2. The molecule has 8 nitrogen and oxygen atoms in total. The third-order valence-electron chi connectivity index (χ3n) is 4.58. The lowest BCUT2D eigenvalue weighted by Crippen LogP contribution is -2.38. The Morgan fingerprint density at radius 3 is 2.34 bits per heavy atom. The van der Waals surface area contributed by atoms with Crippen LogP contribution in [0.1, 0.15) is 22.3 Å². The highest BCUT2D eigenvalue weighted by Gasteiger charge is 2.28. The lowest BCUT2D eigenvalue weighted by molar-refractivity contribution is 0.0951. The standard InChI is InChI=1S/C20H23N3O5S/c1-28-18-8-2-14(3-9-18)12-21-19(24)15-4-6-16(7-5-15)22-20(25)23-17-10-11-29(26,27)13-17/h2-9,17H,10-13H2,1H3,(H,21,24)(H2,22,23,25)/t17-/m1/s1. The summed E-state index contributed by atoms with van der Waals surface area (Å²) in [5.41, 5.74) is 1.92. The fraction of sp³-hybridized carbons (Fsp3) is 0.300. The van der Waals surface area contributed by atoms with Crippen molar-refractivity contribution in [2.75, 3.05) is 23.9 Å². The lowest BCUT2D eigenvalue weighted by Gasteiger charge is -2.12. The van der Waals surface area contributed by atoms with Gasteiger partial charge in [-0.25, -0.2) is 13.2 Å². The Balaban J connectivity index is 1.48. The molecule has 1 aliphatic rings. The topological polar surface area (TPSA) is 114 Å². The minimum absolute atomic E-state index is 0.0340. The zero-order valence-corrected chi connectivity index (χ0v) is 16.8. The van der Waals surface area contributed by atoms with E-state index in [9.17, 15) is 18.0 Å². The van der Waals surface area contributed by atoms with Crippen molar-refractivity contribution in [1.82, 2.24) is 10.6 Å². The quantitative estimate of drug-likeness (QED) is 0.665. The van der Waals surface area contributed by atoms with Gasteiger partial charge < -0.3 is 20.7 Å². The number of hydrogen-bond donors (Lipinski definition) is 3. The first-order valence-electron chi connectivity index (χ1n) is 9.14. The summed E-state index contributed by atoms with van der Waals surface area (Å²) in [6.07, 6.45) is 0.420. The predicted molar refractivity (Wildman–Crippen MR) is 110 cm³/mol. The van der Waals surface area contributed by atoms with E-state index in [4.69, 9.17) is 4.74 Å². The van der Waals surface area contributed by atoms with E-state index in [-0.39, 0.29) is 23.5 Å². The number of carbonyl (C=O) groups excluding carboxylic acids is 2. The number of nitrogens with one attached hydrogen (secondary N) is 3. The number of rotatable bonds is 6. The Kier molecular flexibility index (Phi) is 6.38. The normalized spacial score (nSPS) is 17.3. The number of urea groups is 1. The molecule has 2 aromatic carbocycles. The number of amides is 3. The molecule has 3 N–H and O–H groups in total.